The Morgan fingerprint density at radius 1 is 1.22 bits per heavy atom. The van der Waals surface area contributed by atoms with Crippen LogP contribution in [0.25, 0.3) is 0 Å². The molecule has 0 aromatic carbocycles. The summed E-state index contributed by atoms with van der Waals surface area (Å²) in [5.41, 5.74) is -0.807. The Balaban J connectivity index is 1.97. The lowest BCUT2D eigenvalue weighted by Crippen LogP contribution is -2.36. The predicted octanol–water partition coefficient (Wildman–Crippen LogP) is 2.86. The van der Waals surface area contributed by atoms with E-state index in [9.17, 15) is 13.9 Å². The first-order valence-electron chi connectivity index (χ1n) is 6.36. The van der Waals surface area contributed by atoms with Gasteiger partial charge in [-0.05, 0) is 12.8 Å². The van der Waals surface area contributed by atoms with E-state index in [1.807, 2.05) is 0 Å². The lowest BCUT2D eigenvalue weighted by atomic mass is 9.94. The minimum Gasteiger partial charge on any atom is -0.388 e. The van der Waals surface area contributed by atoms with Gasteiger partial charge in [0.1, 0.15) is 5.82 Å². The molecule has 1 saturated carbocycles. The summed E-state index contributed by atoms with van der Waals surface area (Å²) in [4.78, 5) is 3.64. The molecular formula is C13H18F2N2O. The van der Waals surface area contributed by atoms with Crippen LogP contribution >= 0.6 is 0 Å². The normalized spacial score (nSPS) is 19.3. The summed E-state index contributed by atoms with van der Waals surface area (Å²) in [6.45, 7) is 0.253. The van der Waals surface area contributed by atoms with Crippen molar-refractivity contribution in [3.8, 4) is 0 Å². The molecule has 5 heteroatoms. The van der Waals surface area contributed by atoms with E-state index >= 15 is 0 Å². The molecule has 0 radical (unpaired) electrons. The number of nitrogens with one attached hydrogen (secondary N) is 1. The molecule has 0 aliphatic heterocycles. The highest BCUT2D eigenvalue weighted by Crippen LogP contribution is 2.27. The molecule has 1 aliphatic carbocycles. The Morgan fingerprint density at radius 2 is 1.89 bits per heavy atom. The maximum atomic E-state index is 13.4. The molecule has 1 aliphatic rings. The second-order valence-electron chi connectivity index (χ2n) is 4.98. The highest BCUT2D eigenvalue weighted by Gasteiger charge is 2.28. The first-order chi connectivity index (χ1) is 8.59. The third-order valence-corrected chi connectivity index (χ3v) is 3.43. The number of hydrogen-bond donors (Lipinski definition) is 2. The number of hydrogen-bond acceptors (Lipinski definition) is 3. The topological polar surface area (TPSA) is 45.1 Å². The highest BCUT2D eigenvalue weighted by molar-refractivity contribution is 5.36. The molecule has 18 heavy (non-hydrogen) atoms. The maximum Gasteiger partial charge on any atom is 0.168 e. The fraction of sp³-hybridized carbons (Fsp3) is 0.615. The van der Waals surface area contributed by atoms with Gasteiger partial charge in [-0.1, -0.05) is 25.7 Å². The molecule has 0 saturated heterocycles. The monoisotopic (exact) mass is 256 g/mol. The van der Waals surface area contributed by atoms with Crippen LogP contribution in [0.4, 0.5) is 14.6 Å². The minimum atomic E-state index is -0.807. The summed E-state index contributed by atoms with van der Waals surface area (Å²) >= 11 is 0. The van der Waals surface area contributed by atoms with Gasteiger partial charge in [0, 0.05) is 12.6 Å². The second kappa shape index (κ2) is 5.61. The van der Waals surface area contributed by atoms with Crippen LogP contribution in [0.3, 0.4) is 0 Å². The van der Waals surface area contributed by atoms with Crippen LogP contribution in [0, 0.1) is 11.6 Å². The second-order valence-corrected chi connectivity index (χ2v) is 4.98. The molecule has 1 aromatic heterocycles. The lowest BCUT2D eigenvalue weighted by Gasteiger charge is -2.27. The van der Waals surface area contributed by atoms with Crippen LogP contribution < -0.4 is 5.32 Å². The molecule has 3 nitrogen and oxygen atoms in total. The van der Waals surface area contributed by atoms with Crippen molar-refractivity contribution in [3.05, 3.63) is 23.9 Å². The van der Waals surface area contributed by atoms with Gasteiger partial charge in [0.05, 0.1) is 11.8 Å². The Morgan fingerprint density at radius 3 is 2.50 bits per heavy atom. The van der Waals surface area contributed by atoms with Gasteiger partial charge in [-0.25, -0.2) is 13.8 Å². The van der Waals surface area contributed by atoms with Gasteiger partial charge in [-0.15, -0.1) is 0 Å². The fourth-order valence-electron chi connectivity index (χ4n) is 2.36. The van der Waals surface area contributed by atoms with E-state index in [1.54, 1.807) is 0 Å². The van der Waals surface area contributed by atoms with E-state index in [-0.39, 0.29) is 12.4 Å². The van der Waals surface area contributed by atoms with E-state index in [2.05, 4.69) is 10.3 Å². The molecule has 100 valence electrons. The van der Waals surface area contributed by atoms with E-state index in [0.29, 0.717) is 12.8 Å². The number of rotatable bonds is 3. The zero-order valence-corrected chi connectivity index (χ0v) is 10.3. The Bertz CT molecular complexity index is 404. The van der Waals surface area contributed by atoms with Crippen molar-refractivity contribution < 1.29 is 13.9 Å². The van der Waals surface area contributed by atoms with Crippen molar-refractivity contribution in [1.82, 2.24) is 4.98 Å². The quantitative estimate of drug-likeness (QED) is 0.817. The number of aromatic nitrogens is 1. The summed E-state index contributed by atoms with van der Waals surface area (Å²) in [6, 6.07) is 0.784. The SMILES string of the molecule is OC1(CNc2ncc(F)cc2F)CCCCCC1. The van der Waals surface area contributed by atoms with E-state index in [0.717, 1.165) is 37.9 Å². The van der Waals surface area contributed by atoms with Crippen molar-refractivity contribution in [2.75, 3.05) is 11.9 Å². The largest absolute Gasteiger partial charge is 0.388 e. The molecule has 1 heterocycles. The number of anilines is 1. The predicted molar refractivity (Wildman–Crippen MR) is 65.3 cm³/mol. The van der Waals surface area contributed by atoms with E-state index < -0.39 is 17.2 Å². The van der Waals surface area contributed by atoms with Crippen LogP contribution in [0.15, 0.2) is 12.3 Å². The Kier molecular flexibility index (Phi) is 4.11. The lowest BCUT2D eigenvalue weighted by molar-refractivity contribution is 0.0380. The van der Waals surface area contributed by atoms with Gasteiger partial charge in [-0.3, -0.25) is 0 Å². The van der Waals surface area contributed by atoms with Crippen LogP contribution in [-0.2, 0) is 0 Å². The molecule has 0 spiro atoms. The fourth-order valence-corrected chi connectivity index (χ4v) is 2.36. The average Bonchev–Trinajstić information content (AvgIpc) is 2.54. The minimum absolute atomic E-state index is 0.00549. The van der Waals surface area contributed by atoms with Crippen molar-refractivity contribution >= 4 is 5.82 Å². The first kappa shape index (κ1) is 13.2. The third kappa shape index (κ3) is 3.38. The molecule has 0 bridgehead atoms. The van der Waals surface area contributed by atoms with Crippen molar-refractivity contribution in [2.45, 2.75) is 44.1 Å². The number of aliphatic hydroxyl groups is 1. The zero-order valence-electron chi connectivity index (χ0n) is 10.3. The van der Waals surface area contributed by atoms with Gasteiger partial charge in [0.2, 0.25) is 0 Å². The molecule has 0 atom stereocenters. The standard InChI is InChI=1S/C13H18F2N2O/c14-10-7-11(15)12(16-8-10)17-9-13(18)5-3-1-2-4-6-13/h7-8,18H,1-6,9H2,(H,16,17). The molecular weight excluding hydrogens is 238 g/mol. The van der Waals surface area contributed by atoms with Crippen LogP contribution in [0.5, 0.6) is 0 Å². The molecule has 1 aromatic rings. The molecule has 2 N–H and O–H groups in total. The van der Waals surface area contributed by atoms with Crippen molar-refractivity contribution in [3.63, 3.8) is 0 Å². The van der Waals surface area contributed by atoms with Gasteiger partial charge in [-0.2, -0.15) is 0 Å². The van der Waals surface area contributed by atoms with Crippen LogP contribution in [-0.4, -0.2) is 22.2 Å². The summed E-state index contributed by atoms with van der Waals surface area (Å²) in [5, 5.41) is 13.1. The molecule has 1 fully saturated rings. The average molecular weight is 256 g/mol. The van der Waals surface area contributed by atoms with Crippen molar-refractivity contribution in [2.24, 2.45) is 0 Å². The first-order valence-corrected chi connectivity index (χ1v) is 6.36. The summed E-state index contributed by atoms with van der Waals surface area (Å²) in [7, 11) is 0. The smallest absolute Gasteiger partial charge is 0.168 e. The van der Waals surface area contributed by atoms with Gasteiger partial charge >= 0.3 is 0 Å². The summed E-state index contributed by atoms with van der Waals surface area (Å²) in [6.07, 6.45) is 6.61. The highest BCUT2D eigenvalue weighted by atomic mass is 19.1. The zero-order chi connectivity index (χ0) is 13.0. The third-order valence-electron chi connectivity index (χ3n) is 3.43. The summed E-state index contributed by atoms with van der Waals surface area (Å²) in [5.74, 6) is -1.44. The van der Waals surface area contributed by atoms with Crippen molar-refractivity contribution in [1.29, 1.82) is 0 Å². The maximum absolute atomic E-state index is 13.4. The summed E-state index contributed by atoms with van der Waals surface area (Å²) < 4.78 is 26.1. The van der Waals surface area contributed by atoms with E-state index in [4.69, 9.17) is 0 Å². The van der Waals surface area contributed by atoms with Crippen LogP contribution in [0.1, 0.15) is 38.5 Å². The Labute approximate surface area is 105 Å². The Hall–Kier alpha value is -1.23. The molecule has 2 rings (SSSR count). The molecule has 0 amide bonds. The number of pyridine rings is 1. The number of halogens is 2. The van der Waals surface area contributed by atoms with Gasteiger partial charge in [0.15, 0.2) is 11.6 Å². The van der Waals surface area contributed by atoms with Gasteiger partial charge in [0.25, 0.3) is 0 Å². The van der Waals surface area contributed by atoms with Crippen LogP contribution in [0.2, 0.25) is 0 Å². The van der Waals surface area contributed by atoms with Gasteiger partial charge < -0.3 is 10.4 Å². The number of nitrogens with zero attached hydrogens (tertiary/aromatic N) is 1. The van der Waals surface area contributed by atoms with E-state index in [1.165, 1.54) is 0 Å². The molecule has 0 unspecified atom stereocenters.